The highest BCUT2D eigenvalue weighted by atomic mass is 32.1. The van der Waals surface area contributed by atoms with E-state index in [-0.39, 0.29) is 17.8 Å². The zero-order chi connectivity index (χ0) is 21.3. The van der Waals surface area contributed by atoms with Crippen molar-refractivity contribution in [1.29, 1.82) is 0 Å². The van der Waals surface area contributed by atoms with Crippen LogP contribution in [0.15, 0.2) is 40.7 Å². The van der Waals surface area contributed by atoms with Gasteiger partial charge in [0.05, 0.1) is 17.5 Å². The number of rotatable bonds is 10. The number of nitrogens with one attached hydrogen (secondary N) is 3. The number of amides is 1. The molecule has 1 aliphatic carbocycles. The van der Waals surface area contributed by atoms with Gasteiger partial charge in [-0.05, 0) is 61.2 Å². The number of ether oxygens (including phenoxy) is 1. The molecule has 0 aliphatic heterocycles. The van der Waals surface area contributed by atoms with Crippen molar-refractivity contribution in [2.45, 2.75) is 32.2 Å². The predicted molar refractivity (Wildman–Crippen MR) is 119 cm³/mol. The summed E-state index contributed by atoms with van der Waals surface area (Å²) in [5.74, 6) is 1.13. The largest absolute Gasteiger partial charge is 0.490 e. The van der Waals surface area contributed by atoms with Gasteiger partial charge in [-0.25, -0.2) is 4.39 Å². The fraction of sp³-hybridized carbons (Fsp3) is 0.455. The van der Waals surface area contributed by atoms with Crippen LogP contribution in [0.2, 0.25) is 0 Å². The molecule has 1 amide bonds. The molecule has 3 rings (SSSR count). The molecular weight excluding hydrogens is 403 g/mol. The molecule has 1 aromatic heterocycles. The zero-order valence-corrected chi connectivity index (χ0v) is 18.2. The molecule has 1 fully saturated rings. The number of guanidine groups is 1. The predicted octanol–water partition coefficient (Wildman–Crippen LogP) is 3.72. The number of benzene rings is 1. The Morgan fingerprint density at radius 2 is 2.10 bits per heavy atom. The first kappa shape index (κ1) is 22.1. The minimum absolute atomic E-state index is 0.0484. The Morgan fingerprint density at radius 3 is 2.77 bits per heavy atom. The van der Waals surface area contributed by atoms with E-state index in [0.29, 0.717) is 42.2 Å². The summed E-state index contributed by atoms with van der Waals surface area (Å²) in [6, 6.07) is 8.61. The molecule has 30 heavy (non-hydrogen) atoms. The Bertz CT molecular complexity index is 853. The SMILES string of the molecule is CN=C(NCCCNC(=O)c1cccs1)NC(C)c1ccc(OCC2CC2)c(F)c1. The first-order valence-electron chi connectivity index (χ1n) is 10.3. The number of aliphatic imine (C=N–C) groups is 1. The molecular formula is C22H29FN4O2S. The lowest BCUT2D eigenvalue weighted by atomic mass is 10.1. The van der Waals surface area contributed by atoms with Crippen LogP contribution in [0.4, 0.5) is 4.39 Å². The van der Waals surface area contributed by atoms with Gasteiger partial charge < -0.3 is 20.7 Å². The standard InChI is InChI=1S/C22H29FN4O2S/c1-15(17-8-9-19(18(23)13-17)29-14-16-6-7-16)27-22(24-2)26-11-4-10-25-21(28)20-5-3-12-30-20/h3,5,8-9,12-13,15-16H,4,6-7,10-11,14H2,1-2H3,(H,25,28)(H2,24,26,27). The van der Waals surface area contributed by atoms with E-state index < -0.39 is 0 Å². The average Bonchev–Trinajstić information content (AvgIpc) is 3.41. The first-order valence-corrected chi connectivity index (χ1v) is 11.2. The molecule has 6 nitrogen and oxygen atoms in total. The van der Waals surface area contributed by atoms with E-state index in [9.17, 15) is 9.18 Å². The van der Waals surface area contributed by atoms with Crippen molar-refractivity contribution in [3.05, 3.63) is 52.0 Å². The van der Waals surface area contributed by atoms with E-state index in [0.717, 1.165) is 12.0 Å². The Hall–Kier alpha value is -2.61. The van der Waals surface area contributed by atoms with Crippen molar-refractivity contribution in [3.8, 4) is 5.75 Å². The molecule has 1 heterocycles. The third-order valence-electron chi connectivity index (χ3n) is 4.88. The lowest BCUT2D eigenvalue weighted by Crippen LogP contribution is -2.40. The summed E-state index contributed by atoms with van der Waals surface area (Å²) in [6.45, 7) is 3.77. The van der Waals surface area contributed by atoms with Gasteiger partial charge in [-0.2, -0.15) is 0 Å². The minimum atomic E-state index is -0.341. The summed E-state index contributed by atoms with van der Waals surface area (Å²) in [7, 11) is 1.69. The topological polar surface area (TPSA) is 74.8 Å². The zero-order valence-electron chi connectivity index (χ0n) is 17.4. The number of carbonyl (C=O) groups is 1. The molecule has 8 heteroatoms. The minimum Gasteiger partial charge on any atom is -0.490 e. The summed E-state index contributed by atoms with van der Waals surface area (Å²) in [4.78, 5) is 16.8. The highest BCUT2D eigenvalue weighted by Crippen LogP contribution is 2.30. The number of carbonyl (C=O) groups excluding carboxylic acids is 1. The maximum Gasteiger partial charge on any atom is 0.261 e. The van der Waals surface area contributed by atoms with Crippen molar-refractivity contribution in [3.63, 3.8) is 0 Å². The molecule has 0 radical (unpaired) electrons. The Morgan fingerprint density at radius 1 is 1.30 bits per heavy atom. The normalized spacial score (nSPS) is 14.8. The highest BCUT2D eigenvalue weighted by molar-refractivity contribution is 7.12. The quantitative estimate of drug-likeness (QED) is 0.304. The molecule has 1 aromatic carbocycles. The fourth-order valence-corrected chi connectivity index (χ4v) is 3.51. The highest BCUT2D eigenvalue weighted by Gasteiger charge is 2.22. The van der Waals surface area contributed by atoms with E-state index >= 15 is 0 Å². The van der Waals surface area contributed by atoms with Crippen LogP contribution < -0.4 is 20.7 Å². The number of halogens is 1. The van der Waals surface area contributed by atoms with Crippen LogP contribution in [0, 0.1) is 11.7 Å². The van der Waals surface area contributed by atoms with Gasteiger partial charge >= 0.3 is 0 Å². The van der Waals surface area contributed by atoms with Gasteiger partial charge in [-0.3, -0.25) is 9.79 Å². The molecule has 0 spiro atoms. The molecule has 0 saturated heterocycles. The summed E-state index contributed by atoms with van der Waals surface area (Å²) in [5.41, 5.74) is 0.817. The first-order chi connectivity index (χ1) is 14.6. The van der Waals surface area contributed by atoms with Crippen molar-refractivity contribution < 1.29 is 13.9 Å². The second-order valence-corrected chi connectivity index (χ2v) is 8.34. The molecule has 1 aliphatic rings. The van der Waals surface area contributed by atoms with Gasteiger partial charge in [0, 0.05) is 20.1 Å². The van der Waals surface area contributed by atoms with Crippen LogP contribution in [-0.4, -0.2) is 38.6 Å². The van der Waals surface area contributed by atoms with Gasteiger partial charge in [0.2, 0.25) is 0 Å². The molecule has 2 aromatic rings. The van der Waals surface area contributed by atoms with Crippen molar-refractivity contribution >= 4 is 23.2 Å². The Balaban J connectivity index is 1.39. The number of thiophene rings is 1. The van der Waals surface area contributed by atoms with Gasteiger partial charge in [-0.1, -0.05) is 12.1 Å². The van der Waals surface area contributed by atoms with Gasteiger partial charge in [-0.15, -0.1) is 11.3 Å². The van der Waals surface area contributed by atoms with Crippen LogP contribution in [0.3, 0.4) is 0 Å². The number of hydrogen-bond donors (Lipinski definition) is 3. The van der Waals surface area contributed by atoms with Crippen molar-refractivity contribution in [1.82, 2.24) is 16.0 Å². The monoisotopic (exact) mass is 432 g/mol. The molecule has 3 N–H and O–H groups in total. The summed E-state index contributed by atoms with van der Waals surface area (Å²) < 4.78 is 19.9. The Labute approximate surface area is 180 Å². The second kappa shape index (κ2) is 11.0. The van der Waals surface area contributed by atoms with Crippen molar-refractivity contribution in [2.75, 3.05) is 26.7 Å². The van der Waals surface area contributed by atoms with Crippen LogP contribution in [-0.2, 0) is 0 Å². The molecule has 1 atom stereocenters. The maximum absolute atomic E-state index is 14.3. The van der Waals surface area contributed by atoms with Crippen LogP contribution in [0.5, 0.6) is 5.75 Å². The van der Waals surface area contributed by atoms with Gasteiger partial charge in [0.1, 0.15) is 0 Å². The van der Waals surface area contributed by atoms with E-state index in [4.69, 9.17) is 4.74 Å². The maximum atomic E-state index is 14.3. The van der Waals surface area contributed by atoms with E-state index in [1.165, 1.54) is 30.2 Å². The lowest BCUT2D eigenvalue weighted by molar-refractivity contribution is 0.0957. The lowest BCUT2D eigenvalue weighted by Gasteiger charge is -2.19. The summed E-state index contributed by atoms with van der Waals surface area (Å²) in [6.07, 6.45) is 3.11. The molecule has 1 saturated carbocycles. The molecule has 162 valence electrons. The van der Waals surface area contributed by atoms with Crippen LogP contribution in [0.25, 0.3) is 0 Å². The molecule has 0 bridgehead atoms. The third-order valence-corrected chi connectivity index (χ3v) is 5.75. The van der Waals surface area contributed by atoms with Crippen LogP contribution in [0.1, 0.15) is 47.5 Å². The van der Waals surface area contributed by atoms with Gasteiger partial charge in [0.15, 0.2) is 17.5 Å². The van der Waals surface area contributed by atoms with Gasteiger partial charge in [0.25, 0.3) is 5.91 Å². The van der Waals surface area contributed by atoms with Crippen molar-refractivity contribution in [2.24, 2.45) is 10.9 Å². The fourth-order valence-electron chi connectivity index (χ4n) is 2.87. The summed E-state index contributed by atoms with van der Waals surface area (Å²) in [5, 5.41) is 11.3. The van der Waals surface area contributed by atoms with Crippen LogP contribution >= 0.6 is 11.3 Å². The average molecular weight is 433 g/mol. The van der Waals surface area contributed by atoms with E-state index in [1.54, 1.807) is 19.2 Å². The Kier molecular flexibility index (Phi) is 8.07. The third kappa shape index (κ3) is 6.73. The second-order valence-electron chi connectivity index (χ2n) is 7.40. The summed E-state index contributed by atoms with van der Waals surface area (Å²) >= 11 is 1.43. The number of nitrogens with zero attached hydrogens (tertiary/aromatic N) is 1. The van der Waals surface area contributed by atoms with E-state index in [2.05, 4.69) is 20.9 Å². The number of hydrogen-bond acceptors (Lipinski definition) is 4. The molecule has 1 unspecified atom stereocenters. The van der Waals surface area contributed by atoms with E-state index in [1.807, 2.05) is 24.4 Å². The smallest absolute Gasteiger partial charge is 0.261 e.